The predicted molar refractivity (Wildman–Crippen MR) is 132 cm³/mol. The molecular weight excluding hydrogens is 490 g/mol. The standard InChI is InChI=1S/C24H27N3O6S2/c1-4-32-22(28)15-27-20-7-5-6-8-21(20)34-24(27)25-23(29)18-9-11-19(12-10-18)35(30,31)26-13-16(2)33-17(3)14-26/h5-12,16-17H,4,13-15H2,1-3H3. The number of rotatable bonds is 6. The van der Waals surface area contributed by atoms with Gasteiger partial charge in [0, 0.05) is 18.7 Å². The zero-order valence-electron chi connectivity index (χ0n) is 19.7. The smallest absolute Gasteiger partial charge is 0.326 e. The van der Waals surface area contributed by atoms with Crippen molar-refractivity contribution in [1.29, 1.82) is 0 Å². The lowest BCUT2D eigenvalue weighted by Crippen LogP contribution is -2.48. The first-order valence-electron chi connectivity index (χ1n) is 11.3. The number of hydrogen-bond donors (Lipinski definition) is 0. The summed E-state index contributed by atoms with van der Waals surface area (Å²) in [4.78, 5) is 29.8. The van der Waals surface area contributed by atoms with E-state index in [1.54, 1.807) is 11.5 Å². The largest absolute Gasteiger partial charge is 0.465 e. The van der Waals surface area contributed by atoms with Crippen LogP contribution < -0.4 is 4.80 Å². The highest BCUT2D eigenvalue weighted by Crippen LogP contribution is 2.22. The summed E-state index contributed by atoms with van der Waals surface area (Å²) in [5.74, 6) is -0.960. The van der Waals surface area contributed by atoms with E-state index in [1.165, 1.54) is 39.9 Å². The Hall–Kier alpha value is -2.86. The fourth-order valence-electron chi connectivity index (χ4n) is 3.99. The van der Waals surface area contributed by atoms with E-state index >= 15 is 0 Å². The number of para-hydroxylation sites is 1. The molecule has 4 rings (SSSR count). The van der Waals surface area contributed by atoms with Crippen LogP contribution in [0, 0.1) is 0 Å². The molecule has 11 heteroatoms. The van der Waals surface area contributed by atoms with Gasteiger partial charge in [0.1, 0.15) is 6.54 Å². The van der Waals surface area contributed by atoms with Crippen molar-refractivity contribution in [2.45, 2.75) is 44.4 Å². The third kappa shape index (κ3) is 5.53. The molecule has 2 atom stereocenters. The molecule has 1 aliphatic heterocycles. The van der Waals surface area contributed by atoms with Crippen molar-refractivity contribution in [2.24, 2.45) is 4.99 Å². The van der Waals surface area contributed by atoms with Gasteiger partial charge in [-0.1, -0.05) is 23.5 Å². The minimum atomic E-state index is -3.71. The second kappa shape index (κ2) is 10.4. The zero-order chi connectivity index (χ0) is 25.2. The highest BCUT2D eigenvalue weighted by atomic mass is 32.2. The van der Waals surface area contributed by atoms with E-state index in [0.29, 0.717) is 4.80 Å². The maximum Gasteiger partial charge on any atom is 0.326 e. The molecule has 0 spiro atoms. The van der Waals surface area contributed by atoms with E-state index in [1.807, 2.05) is 38.1 Å². The SMILES string of the molecule is CCOC(=O)Cn1c(=NC(=O)c2ccc(S(=O)(=O)N3CC(C)OC(C)C3)cc2)sc2ccccc21. The summed E-state index contributed by atoms with van der Waals surface area (Å²) in [6.45, 7) is 6.13. The molecule has 0 saturated carbocycles. The molecule has 186 valence electrons. The number of esters is 1. The zero-order valence-corrected chi connectivity index (χ0v) is 21.3. The number of aromatic nitrogens is 1. The number of amides is 1. The molecule has 9 nitrogen and oxygen atoms in total. The minimum Gasteiger partial charge on any atom is -0.465 e. The van der Waals surface area contributed by atoms with Gasteiger partial charge in [0.15, 0.2) is 4.80 Å². The molecule has 2 aromatic carbocycles. The molecule has 0 aliphatic carbocycles. The molecular formula is C24H27N3O6S2. The number of morpholine rings is 1. The van der Waals surface area contributed by atoms with Crippen molar-refractivity contribution in [3.05, 3.63) is 58.9 Å². The van der Waals surface area contributed by atoms with Crippen LogP contribution in [0.25, 0.3) is 10.2 Å². The fourth-order valence-corrected chi connectivity index (χ4v) is 6.61. The van der Waals surface area contributed by atoms with Crippen molar-refractivity contribution >= 4 is 43.5 Å². The number of carbonyl (C=O) groups excluding carboxylic acids is 2. The van der Waals surface area contributed by atoms with Gasteiger partial charge in [0.05, 0.1) is 33.9 Å². The number of fused-ring (bicyclic) bond motifs is 1. The molecule has 1 aromatic heterocycles. The highest BCUT2D eigenvalue weighted by molar-refractivity contribution is 7.89. The van der Waals surface area contributed by atoms with Crippen molar-refractivity contribution in [1.82, 2.24) is 8.87 Å². The Labute approximate surface area is 207 Å². The van der Waals surface area contributed by atoms with E-state index in [-0.39, 0.29) is 48.9 Å². The molecule has 0 radical (unpaired) electrons. The average Bonchev–Trinajstić information content (AvgIpc) is 3.15. The molecule has 0 bridgehead atoms. The number of sulfonamides is 1. The summed E-state index contributed by atoms with van der Waals surface area (Å²) in [5, 5.41) is 0. The number of benzene rings is 2. The molecule has 1 fully saturated rings. The fraction of sp³-hybridized carbons (Fsp3) is 0.375. The van der Waals surface area contributed by atoms with Gasteiger partial charge in [-0.15, -0.1) is 0 Å². The van der Waals surface area contributed by atoms with Gasteiger partial charge >= 0.3 is 5.97 Å². The summed E-state index contributed by atoms with van der Waals surface area (Å²) in [6.07, 6.45) is -0.397. The second-order valence-corrected chi connectivity index (χ2v) is 11.2. The van der Waals surface area contributed by atoms with Crippen LogP contribution in [0.5, 0.6) is 0 Å². The van der Waals surface area contributed by atoms with Crippen molar-refractivity contribution in [3.8, 4) is 0 Å². The Bertz CT molecular complexity index is 1400. The minimum absolute atomic E-state index is 0.0719. The van der Waals surface area contributed by atoms with Gasteiger partial charge < -0.3 is 14.0 Å². The Morgan fingerprint density at radius 1 is 1.09 bits per heavy atom. The lowest BCUT2D eigenvalue weighted by molar-refractivity contribution is -0.143. The van der Waals surface area contributed by atoms with Gasteiger partial charge in [0.2, 0.25) is 10.0 Å². The summed E-state index contributed by atoms with van der Waals surface area (Å²) >= 11 is 1.29. The van der Waals surface area contributed by atoms with Crippen LogP contribution in [0.1, 0.15) is 31.1 Å². The number of nitrogens with zero attached hydrogens (tertiary/aromatic N) is 3. The van der Waals surface area contributed by atoms with Gasteiger partial charge in [-0.05, 0) is 57.2 Å². The first-order chi connectivity index (χ1) is 16.7. The first-order valence-corrected chi connectivity index (χ1v) is 13.5. The van der Waals surface area contributed by atoms with Gasteiger partial charge in [0.25, 0.3) is 5.91 Å². The number of hydrogen-bond acceptors (Lipinski definition) is 7. The van der Waals surface area contributed by atoms with E-state index in [4.69, 9.17) is 9.47 Å². The van der Waals surface area contributed by atoms with Crippen molar-refractivity contribution < 1.29 is 27.5 Å². The van der Waals surface area contributed by atoms with E-state index in [2.05, 4.69) is 4.99 Å². The summed E-state index contributed by atoms with van der Waals surface area (Å²) in [7, 11) is -3.71. The van der Waals surface area contributed by atoms with E-state index in [0.717, 1.165) is 10.2 Å². The third-order valence-corrected chi connectivity index (χ3v) is 8.41. The normalized spacial score (nSPS) is 19.7. The maximum absolute atomic E-state index is 13.1. The summed E-state index contributed by atoms with van der Waals surface area (Å²) in [5.41, 5.74) is 1.01. The third-order valence-electron chi connectivity index (χ3n) is 5.50. The van der Waals surface area contributed by atoms with Crippen LogP contribution in [0.15, 0.2) is 58.4 Å². The Morgan fingerprint density at radius 2 is 1.74 bits per heavy atom. The maximum atomic E-state index is 13.1. The van der Waals surface area contributed by atoms with E-state index in [9.17, 15) is 18.0 Å². The lowest BCUT2D eigenvalue weighted by Gasteiger charge is -2.34. The summed E-state index contributed by atoms with van der Waals surface area (Å²) < 4.78 is 40.8. The van der Waals surface area contributed by atoms with Crippen LogP contribution in [-0.2, 0) is 30.8 Å². The Balaban J connectivity index is 1.62. The first kappa shape index (κ1) is 25.2. The Kier molecular flexibility index (Phi) is 7.50. The quantitative estimate of drug-likeness (QED) is 0.466. The van der Waals surface area contributed by atoms with Crippen LogP contribution in [0.3, 0.4) is 0 Å². The molecule has 2 unspecified atom stereocenters. The monoisotopic (exact) mass is 517 g/mol. The number of thiazole rings is 1. The second-order valence-electron chi connectivity index (χ2n) is 8.26. The molecule has 35 heavy (non-hydrogen) atoms. The lowest BCUT2D eigenvalue weighted by atomic mass is 10.2. The highest BCUT2D eigenvalue weighted by Gasteiger charge is 2.32. The van der Waals surface area contributed by atoms with E-state index < -0.39 is 21.9 Å². The molecule has 0 N–H and O–H groups in total. The molecule has 1 saturated heterocycles. The molecule has 1 aliphatic rings. The van der Waals surface area contributed by atoms with Crippen LogP contribution in [0.2, 0.25) is 0 Å². The van der Waals surface area contributed by atoms with Gasteiger partial charge in [-0.25, -0.2) is 8.42 Å². The predicted octanol–water partition coefficient (Wildman–Crippen LogP) is 2.80. The van der Waals surface area contributed by atoms with Crippen LogP contribution in [0.4, 0.5) is 0 Å². The molecule has 1 amide bonds. The Morgan fingerprint density at radius 3 is 2.40 bits per heavy atom. The number of carbonyl (C=O) groups is 2. The summed E-state index contributed by atoms with van der Waals surface area (Å²) in [6, 6.07) is 13.2. The van der Waals surface area contributed by atoms with Gasteiger partial charge in [-0.3, -0.25) is 9.59 Å². The molecule has 2 heterocycles. The average molecular weight is 518 g/mol. The van der Waals surface area contributed by atoms with Crippen molar-refractivity contribution in [2.75, 3.05) is 19.7 Å². The van der Waals surface area contributed by atoms with Crippen LogP contribution in [-0.4, -0.2) is 61.1 Å². The topological polar surface area (TPSA) is 107 Å². The van der Waals surface area contributed by atoms with Crippen LogP contribution >= 0.6 is 11.3 Å². The van der Waals surface area contributed by atoms with Crippen molar-refractivity contribution in [3.63, 3.8) is 0 Å². The van der Waals surface area contributed by atoms with Gasteiger partial charge in [-0.2, -0.15) is 9.30 Å². The number of ether oxygens (including phenoxy) is 2. The molecule has 3 aromatic rings.